The Kier molecular flexibility index (Phi) is 16.3. The standard InChI is InChI=1S/2C12H19.2C4H8O.Sm/c2*1-8(2)11-7-12(5,6)10(4)9(11)3;2*1-2-4-5-3-1;/h2*8H,1-6H3;2*1-4H2;/q2*-1;;;. The summed E-state index contributed by atoms with van der Waals surface area (Å²) in [6.45, 7) is 30.8. The van der Waals surface area contributed by atoms with Crippen molar-refractivity contribution in [2.45, 2.75) is 109 Å². The molecule has 202 valence electrons. The van der Waals surface area contributed by atoms with Crippen LogP contribution in [0.2, 0.25) is 0 Å². The zero-order chi connectivity index (χ0) is 26.1. The van der Waals surface area contributed by atoms with Crippen molar-refractivity contribution in [3.8, 4) is 0 Å². The molecule has 2 fully saturated rings. The quantitative estimate of drug-likeness (QED) is 0.287. The summed E-state index contributed by atoms with van der Waals surface area (Å²) < 4.78 is 9.89. The molecule has 0 aromatic rings. The first-order valence-corrected chi connectivity index (χ1v) is 13.5. The van der Waals surface area contributed by atoms with Crippen molar-refractivity contribution >= 4 is 0 Å². The first-order valence-electron chi connectivity index (χ1n) is 13.5. The summed E-state index contributed by atoms with van der Waals surface area (Å²) in [5.41, 5.74) is 9.03. The molecule has 3 heteroatoms. The molecule has 2 saturated heterocycles. The molecule has 0 atom stereocenters. The molecule has 0 unspecified atom stereocenters. The van der Waals surface area contributed by atoms with Crippen molar-refractivity contribution in [2.75, 3.05) is 26.4 Å². The number of rotatable bonds is 2. The van der Waals surface area contributed by atoms with E-state index in [1.165, 1.54) is 59.1 Å². The van der Waals surface area contributed by atoms with E-state index >= 15 is 0 Å². The maximum absolute atomic E-state index is 4.94. The van der Waals surface area contributed by atoms with E-state index in [1.54, 1.807) is 0 Å². The molecule has 0 spiro atoms. The molecule has 4 rings (SSSR count). The van der Waals surface area contributed by atoms with Crippen molar-refractivity contribution < 1.29 is 49.9 Å². The Morgan fingerprint density at radius 2 is 0.829 bits per heavy atom. The van der Waals surface area contributed by atoms with Crippen LogP contribution in [0.25, 0.3) is 0 Å². The molecule has 0 aromatic carbocycles. The molecule has 2 aliphatic carbocycles. The average molecular weight is 621 g/mol. The Bertz CT molecular complexity index is 686. The van der Waals surface area contributed by atoms with Gasteiger partial charge < -0.3 is 9.47 Å². The molecular weight excluding hydrogens is 567 g/mol. The third-order valence-corrected chi connectivity index (χ3v) is 7.51. The number of ether oxygens (including phenoxy) is 2. The fourth-order valence-corrected chi connectivity index (χ4v) is 4.57. The second-order valence-electron chi connectivity index (χ2n) is 11.8. The monoisotopic (exact) mass is 622 g/mol. The minimum absolute atomic E-state index is 0. The number of hydrogen-bond donors (Lipinski definition) is 0. The van der Waals surface area contributed by atoms with Gasteiger partial charge in [-0.3, -0.25) is 12.2 Å². The van der Waals surface area contributed by atoms with E-state index in [0.29, 0.717) is 11.8 Å². The van der Waals surface area contributed by atoms with Gasteiger partial charge in [0.2, 0.25) is 0 Å². The van der Waals surface area contributed by atoms with E-state index in [0.717, 1.165) is 26.4 Å². The predicted octanol–water partition coefficient (Wildman–Crippen LogP) is 9.09. The van der Waals surface area contributed by atoms with Crippen LogP contribution in [-0.2, 0) is 9.47 Å². The molecule has 0 saturated carbocycles. The number of hydrogen-bond acceptors (Lipinski definition) is 2. The second-order valence-corrected chi connectivity index (χ2v) is 11.8. The topological polar surface area (TPSA) is 18.5 Å². The second kappa shape index (κ2) is 16.2. The maximum Gasteiger partial charge on any atom is 0.0466 e. The zero-order valence-electron chi connectivity index (χ0n) is 25.0. The van der Waals surface area contributed by atoms with E-state index in [4.69, 9.17) is 9.47 Å². The van der Waals surface area contributed by atoms with Crippen LogP contribution in [-0.4, -0.2) is 26.4 Å². The first kappa shape index (κ1) is 35.2. The van der Waals surface area contributed by atoms with Gasteiger partial charge in [-0.1, -0.05) is 91.9 Å². The molecule has 0 radical (unpaired) electrons. The van der Waals surface area contributed by atoms with Gasteiger partial charge in [-0.25, -0.2) is 11.1 Å². The minimum Gasteiger partial charge on any atom is -0.381 e. The normalized spacial score (nSPS) is 22.0. The van der Waals surface area contributed by atoms with Crippen molar-refractivity contribution in [3.05, 3.63) is 45.6 Å². The zero-order valence-corrected chi connectivity index (χ0v) is 27.7. The molecular formula is C32H54O2Sm-2. The summed E-state index contributed by atoms with van der Waals surface area (Å²) >= 11 is 0. The van der Waals surface area contributed by atoms with E-state index < -0.39 is 0 Å². The van der Waals surface area contributed by atoms with Gasteiger partial charge in [-0.05, 0) is 25.7 Å². The van der Waals surface area contributed by atoms with Crippen molar-refractivity contribution in [3.63, 3.8) is 0 Å². The van der Waals surface area contributed by atoms with Gasteiger partial charge >= 0.3 is 0 Å². The molecule has 2 nitrogen and oxygen atoms in total. The largest absolute Gasteiger partial charge is 0.381 e. The van der Waals surface area contributed by atoms with Crippen LogP contribution in [0.1, 0.15) is 109 Å². The van der Waals surface area contributed by atoms with Gasteiger partial charge in [0, 0.05) is 66.8 Å². The SMILES string of the molecule is C1CCOC1.C1CCOC1.CC1=C(C)C(C)(C)[C-]=C1C(C)C.CC1=C(C)C(C)(C)[C-]=C1C(C)C.[Sm]. The predicted molar refractivity (Wildman–Crippen MR) is 148 cm³/mol. The Labute approximate surface area is 251 Å². The Hall–Kier alpha value is 0.218. The Balaban J connectivity index is 0.000000468. The van der Waals surface area contributed by atoms with E-state index in [1.807, 2.05) is 0 Å². The smallest absolute Gasteiger partial charge is 0.0466 e. The summed E-state index contributed by atoms with van der Waals surface area (Å²) in [6.07, 6.45) is 12.3. The van der Waals surface area contributed by atoms with Gasteiger partial charge in [-0.15, -0.1) is 13.8 Å². The summed E-state index contributed by atoms with van der Waals surface area (Å²) in [6, 6.07) is 0. The van der Waals surface area contributed by atoms with Gasteiger partial charge in [0.25, 0.3) is 0 Å². The van der Waals surface area contributed by atoms with Gasteiger partial charge in [0.05, 0.1) is 0 Å². The Morgan fingerprint density at radius 1 is 0.571 bits per heavy atom. The fraction of sp³-hybridized carbons (Fsp3) is 0.750. The van der Waals surface area contributed by atoms with Crippen LogP contribution < -0.4 is 0 Å². The Morgan fingerprint density at radius 3 is 0.914 bits per heavy atom. The van der Waals surface area contributed by atoms with E-state index in [9.17, 15) is 0 Å². The molecule has 0 aromatic heterocycles. The summed E-state index contributed by atoms with van der Waals surface area (Å²) in [7, 11) is 0. The van der Waals surface area contributed by atoms with Crippen molar-refractivity contribution in [1.29, 1.82) is 0 Å². The van der Waals surface area contributed by atoms with Crippen LogP contribution >= 0.6 is 0 Å². The maximum atomic E-state index is 4.94. The third kappa shape index (κ3) is 11.2. The van der Waals surface area contributed by atoms with E-state index in [2.05, 4.69) is 95.2 Å². The van der Waals surface area contributed by atoms with Crippen molar-refractivity contribution in [1.82, 2.24) is 0 Å². The summed E-state index contributed by atoms with van der Waals surface area (Å²) in [4.78, 5) is 0. The van der Waals surface area contributed by atoms with Crippen LogP contribution in [0.15, 0.2) is 33.4 Å². The van der Waals surface area contributed by atoms with Crippen LogP contribution in [0.3, 0.4) is 0 Å². The molecule has 0 N–H and O–H groups in total. The van der Waals surface area contributed by atoms with Crippen LogP contribution in [0.5, 0.6) is 0 Å². The van der Waals surface area contributed by atoms with Gasteiger partial charge in [0.1, 0.15) is 0 Å². The molecule has 35 heavy (non-hydrogen) atoms. The van der Waals surface area contributed by atoms with Crippen LogP contribution in [0.4, 0.5) is 0 Å². The number of allylic oxidation sites excluding steroid dienone is 8. The average Bonchev–Trinajstić information content (AvgIpc) is 3.56. The molecule has 0 bridgehead atoms. The summed E-state index contributed by atoms with van der Waals surface area (Å²) in [5.74, 6) is 1.23. The molecule has 2 heterocycles. The minimum atomic E-state index is 0. The molecule has 2 aliphatic heterocycles. The molecule has 4 aliphatic rings. The van der Waals surface area contributed by atoms with Crippen LogP contribution in [0, 0.1) is 75.2 Å². The third-order valence-electron chi connectivity index (χ3n) is 7.51. The molecule has 0 amide bonds. The summed E-state index contributed by atoms with van der Waals surface area (Å²) in [5, 5.41) is 0. The first-order chi connectivity index (χ1) is 15.7. The van der Waals surface area contributed by atoms with E-state index in [-0.39, 0.29) is 51.2 Å². The van der Waals surface area contributed by atoms with Gasteiger partial charge in [0.15, 0.2) is 0 Å². The van der Waals surface area contributed by atoms with Crippen molar-refractivity contribution in [2.24, 2.45) is 22.7 Å². The van der Waals surface area contributed by atoms with Gasteiger partial charge in [-0.2, -0.15) is 22.3 Å². The fourth-order valence-electron chi connectivity index (χ4n) is 4.57.